The summed E-state index contributed by atoms with van der Waals surface area (Å²) in [6.45, 7) is 3.61. The van der Waals surface area contributed by atoms with E-state index in [9.17, 15) is 18.0 Å². The zero-order valence-electron chi connectivity index (χ0n) is 14.1. The van der Waals surface area contributed by atoms with Gasteiger partial charge in [-0.1, -0.05) is 23.7 Å². The first-order chi connectivity index (χ1) is 12.1. The third-order valence-corrected chi connectivity index (χ3v) is 3.87. The van der Waals surface area contributed by atoms with E-state index in [-0.39, 0.29) is 17.7 Å². The van der Waals surface area contributed by atoms with Crippen molar-refractivity contribution in [2.24, 2.45) is 0 Å². The molecule has 0 aromatic heterocycles. The normalized spacial score (nSPS) is 13.8. The summed E-state index contributed by atoms with van der Waals surface area (Å²) >= 11 is 5.85. The highest BCUT2D eigenvalue weighted by molar-refractivity contribution is 6.30. The van der Waals surface area contributed by atoms with Gasteiger partial charge in [0.2, 0.25) is 5.91 Å². The molecule has 0 aliphatic heterocycles. The van der Waals surface area contributed by atoms with Crippen LogP contribution < -0.4 is 15.4 Å². The van der Waals surface area contributed by atoms with Crippen molar-refractivity contribution in [3.05, 3.63) is 59.1 Å². The number of carbonyl (C=O) groups is 1. The lowest BCUT2D eigenvalue weighted by atomic mass is 10.1. The van der Waals surface area contributed by atoms with Crippen molar-refractivity contribution in [3.8, 4) is 5.75 Å². The average Bonchev–Trinajstić information content (AvgIpc) is 2.55. The molecule has 0 saturated carbocycles. The molecule has 4 nitrogen and oxygen atoms in total. The number of alkyl halides is 3. The van der Waals surface area contributed by atoms with Crippen molar-refractivity contribution in [1.29, 1.82) is 0 Å². The molecule has 0 aliphatic carbocycles. The van der Waals surface area contributed by atoms with Crippen LogP contribution in [0.5, 0.6) is 5.75 Å². The number of anilines is 1. The van der Waals surface area contributed by atoms with Crippen molar-refractivity contribution in [2.45, 2.75) is 32.3 Å². The Morgan fingerprint density at radius 2 is 1.62 bits per heavy atom. The summed E-state index contributed by atoms with van der Waals surface area (Å²) in [5, 5.41) is 6.42. The topological polar surface area (TPSA) is 50.4 Å². The van der Waals surface area contributed by atoms with Gasteiger partial charge in [-0.3, -0.25) is 10.1 Å². The lowest BCUT2D eigenvalue weighted by Gasteiger charge is -2.20. The zero-order chi connectivity index (χ0) is 19.3. The maximum absolute atomic E-state index is 12.2. The minimum absolute atomic E-state index is 0.0874. The second-order valence-electron chi connectivity index (χ2n) is 5.72. The number of amides is 1. The minimum Gasteiger partial charge on any atom is -0.406 e. The van der Waals surface area contributed by atoms with Gasteiger partial charge in [-0.15, -0.1) is 13.2 Å². The molecule has 0 fully saturated rings. The van der Waals surface area contributed by atoms with Crippen molar-refractivity contribution in [2.75, 3.05) is 5.32 Å². The lowest BCUT2D eigenvalue weighted by Crippen LogP contribution is -2.39. The summed E-state index contributed by atoms with van der Waals surface area (Å²) in [7, 11) is 0. The van der Waals surface area contributed by atoms with Crippen LogP contribution in [-0.2, 0) is 4.79 Å². The second kappa shape index (κ2) is 8.42. The van der Waals surface area contributed by atoms with E-state index in [1.165, 1.54) is 12.1 Å². The van der Waals surface area contributed by atoms with Crippen molar-refractivity contribution in [3.63, 3.8) is 0 Å². The summed E-state index contributed by atoms with van der Waals surface area (Å²) in [5.41, 5.74) is 1.35. The number of hydrogen-bond donors (Lipinski definition) is 2. The van der Waals surface area contributed by atoms with Crippen LogP contribution in [0.25, 0.3) is 0 Å². The van der Waals surface area contributed by atoms with Gasteiger partial charge >= 0.3 is 6.36 Å². The first-order valence-corrected chi connectivity index (χ1v) is 8.20. The molecule has 0 bridgehead atoms. The monoisotopic (exact) mass is 386 g/mol. The third kappa shape index (κ3) is 6.24. The van der Waals surface area contributed by atoms with E-state index < -0.39 is 12.4 Å². The van der Waals surface area contributed by atoms with Gasteiger partial charge in [-0.2, -0.15) is 0 Å². The highest BCUT2D eigenvalue weighted by Gasteiger charge is 2.31. The van der Waals surface area contributed by atoms with E-state index in [2.05, 4.69) is 15.4 Å². The van der Waals surface area contributed by atoms with Gasteiger partial charge in [-0.25, -0.2) is 0 Å². The standard InChI is InChI=1S/C18H18ClF3N2O2/c1-11(13-3-5-14(19)6-4-13)23-12(2)17(25)24-15-7-9-16(10-8-15)26-18(20,21)22/h3-12,23H,1-2H3,(H,24,25)/t11-,12+/m1/s1. The Labute approximate surface area is 154 Å². The van der Waals surface area contributed by atoms with E-state index >= 15 is 0 Å². The first kappa shape index (κ1) is 20.1. The van der Waals surface area contributed by atoms with Gasteiger partial charge in [0.05, 0.1) is 6.04 Å². The van der Waals surface area contributed by atoms with E-state index in [0.717, 1.165) is 17.7 Å². The van der Waals surface area contributed by atoms with Crippen LogP contribution in [0.2, 0.25) is 5.02 Å². The molecule has 1 amide bonds. The van der Waals surface area contributed by atoms with Crippen LogP contribution in [0, 0.1) is 0 Å². The molecule has 2 aromatic rings. The maximum atomic E-state index is 12.2. The molecule has 2 atom stereocenters. The molecule has 0 saturated heterocycles. The second-order valence-corrected chi connectivity index (χ2v) is 6.16. The summed E-state index contributed by atoms with van der Waals surface area (Å²) in [6, 6.07) is 11.6. The van der Waals surface area contributed by atoms with Crippen molar-refractivity contribution >= 4 is 23.2 Å². The number of hydrogen-bond acceptors (Lipinski definition) is 3. The number of carbonyl (C=O) groups excluding carboxylic acids is 1. The Morgan fingerprint density at radius 1 is 1.04 bits per heavy atom. The number of rotatable bonds is 6. The molecule has 2 N–H and O–H groups in total. The molecule has 0 unspecified atom stereocenters. The van der Waals surface area contributed by atoms with Crippen molar-refractivity contribution < 1.29 is 22.7 Å². The SMILES string of the molecule is C[C@H](N[C@H](C)c1ccc(Cl)cc1)C(=O)Nc1ccc(OC(F)(F)F)cc1. The molecule has 0 heterocycles. The van der Waals surface area contributed by atoms with Gasteiger partial charge < -0.3 is 10.1 Å². The van der Waals surface area contributed by atoms with Crippen LogP contribution in [0.15, 0.2) is 48.5 Å². The average molecular weight is 387 g/mol. The molecule has 2 aromatic carbocycles. The molecule has 26 heavy (non-hydrogen) atoms. The van der Waals surface area contributed by atoms with Gasteiger partial charge in [0.1, 0.15) is 5.75 Å². The Hall–Kier alpha value is -2.25. The first-order valence-electron chi connectivity index (χ1n) is 7.82. The number of benzene rings is 2. The molecule has 2 rings (SSSR count). The highest BCUT2D eigenvalue weighted by Crippen LogP contribution is 2.24. The predicted molar refractivity (Wildman–Crippen MR) is 94.2 cm³/mol. The predicted octanol–water partition coefficient (Wildman–Crippen LogP) is 4.92. The Bertz CT molecular complexity index is 734. The van der Waals surface area contributed by atoms with Crippen LogP contribution in [0.3, 0.4) is 0 Å². The molecule has 8 heteroatoms. The van der Waals surface area contributed by atoms with E-state index in [1.54, 1.807) is 19.1 Å². The smallest absolute Gasteiger partial charge is 0.406 e. The fourth-order valence-electron chi connectivity index (χ4n) is 2.29. The quantitative estimate of drug-likeness (QED) is 0.741. The molecule has 140 valence electrons. The highest BCUT2D eigenvalue weighted by atomic mass is 35.5. The number of ether oxygens (including phenoxy) is 1. The van der Waals surface area contributed by atoms with Gasteiger partial charge in [-0.05, 0) is 55.8 Å². The Kier molecular flexibility index (Phi) is 6.50. The van der Waals surface area contributed by atoms with Crippen LogP contribution >= 0.6 is 11.6 Å². The Morgan fingerprint density at radius 3 is 2.15 bits per heavy atom. The van der Waals surface area contributed by atoms with Gasteiger partial charge in [0.25, 0.3) is 0 Å². The summed E-state index contributed by atoms with van der Waals surface area (Å²) in [4.78, 5) is 12.2. The molecular formula is C18H18ClF3N2O2. The molecule has 0 aliphatic rings. The lowest BCUT2D eigenvalue weighted by molar-refractivity contribution is -0.274. The Balaban J connectivity index is 1.91. The summed E-state index contributed by atoms with van der Waals surface area (Å²) in [5.74, 6) is -0.659. The summed E-state index contributed by atoms with van der Waals surface area (Å²) in [6.07, 6.45) is -4.75. The van der Waals surface area contributed by atoms with E-state index in [4.69, 9.17) is 11.6 Å². The zero-order valence-corrected chi connectivity index (χ0v) is 14.9. The molecular weight excluding hydrogens is 369 g/mol. The van der Waals surface area contributed by atoms with E-state index in [1.807, 2.05) is 19.1 Å². The summed E-state index contributed by atoms with van der Waals surface area (Å²) < 4.78 is 40.2. The van der Waals surface area contributed by atoms with Gasteiger partial charge in [0, 0.05) is 16.8 Å². The van der Waals surface area contributed by atoms with Crippen LogP contribution in [0.4, 0.5) is 18.9 Å². The molecule has 0 spiro atoms. The minimum atomic E-state index is -4.75. The fraction of sp³-hybridized carbons (Fsp3) is 0.278. The van der Waals surface area contributed by atoms with Gasteiger partial charge in [0.15, 0.2) is 0 Å². The fourth-order valence-corrected chi connectivity index (χ4v) is 2.41. The van der Waals surface area contributed by atoms with E-state index in [0.29, 0.717) is 10.7 Å². The van der Waals surface area contributed by atoms with Crippen LogP contribution in [0.1, 0.15) is 25.5 Å². The largest absolute Gasteiger partial charge is 0.573 e. The van der Waals surface area contributed by atoms with Crippen LogP contribution in [-0.4, -0.2) is 18.3 Å². The number of nitrogens with one attached hydrogen (secondary N) is 2. The number of halogens is 4. The third-order valence-electron chi connectivity index (χ3n) is 3.62. The van der Waals surface area contributed by atoms with Crippen molar-refractivity contribution in [1.82, 2.24) is 5.32 Å². The molecule has 0 radical (unpaired) electrons. The maximum Gasteiger partial charge on any atom is 0.573 e.